The van der Waals surface area contributed by atoms with Gasteiger partial charge in [0.2, 0.25) is 0 Å². The van der Waals surface area contributed by atoms with Crippen molar-refractivity contribution in [1.29, 1.82) is 0 Å². The minimum Gasteiger partial charge on any atom is -0.489 e. The number of esters is 4. The summed E-state index contributed by atoms with van der Waals surface area (Å²) >= 11 is 0. The molecule has 8 bridgehead atoms. The Kier molecular flexibility index (Phi) is 33.7. The van der Waals surface area contributed by atoms with Gasteiger partial charge in [-0.25, -0.2) is 9.59 Å². The molecule has 1 aliphatic rings. The predicted octanol–water partition coefficient (Wildman–Crippen LogP) is 15.0. The Hall–Kier alpha value is -8.54. The van der Waals surface area contributed by atoms with Gasteiger partial charge in [-0.1, -0.05) is 106 Å². The van der Waals surface area contributed by atoms with E-state index in [9.17, 15) is 47.9 Å². The maximum atomic E-state index is 14.8. The second kappa shape index (κ2) is 41.4. The molecule has 0 heterocycles. The summed E-state index contributed by atoms with van der Waals surface area (Å²) in [5, 5.41) is 0. The molecule has 0 saturated carbocycles. The van der Waals surface area contributed by atoms with Crippen LogP contribution in [0, 0.1) is 0 Å². The van der Waals surface area contributed by atoms with E-state index in [4.69, 9.17) is 37.9 Å². The van der Waals surface area contributed by atoms with Crippen LogP contribution in [0.5, 0.6) is 23.0 Å². The highest BCUT2D eigenvalue weighted by Crippen LogP contribution is 2.42. The standard InChI is InChI=1S/C78H100O18/c1-11-17-21-25-67(81)53-37-57-45-61-41-55(69(83)27-23-19-13-3)43-63(75(61)93-33-35-95-77(87)51(7)8)47-59-39-54(68(82)26-22-18-12-2)40-60(74(59)92-32-30-90-72(86)50-66(80)16-6)48-64-44-56(70(84)28-24-20-14-4)42-62(76(64)94-34-36-96-78(88)52(9)10)46-58(38-53)73(57)91-31-29-89-71(85)49-65(79)15-5/h37-44H,7,9,11-36,45-50H2,1-6,8,10H3. The van der Waals surface area contributed by atoms with Gasteiger partial charge in [0.1, 0.15) is 100 Å². The van der Waals surface area contributed by atoms with E-state index < -0.39 is 36.7 Å². The van der Waals surface area contributed by atoms with Crippen LogP contribution >= 0.6 is 0 Å². The average molecular weight is 1330 g/mol. The van der Waals surface area contributed by atoms with E-state index in [0.717, 1.165) is 51.4 Å². The van der Waals surface area contributed by atoms with Crippen LogP contribution in [0.3, 0.4) is 0 Å². The van der Waals surface area contributed by atoms with E-state index in [1.165, 1.54) is 13.8 Å². The maximum absolute atomic E-state index is 14.8. The molecule has 0 atom stereocenters. The van der Waals surface area contributed by atoms with Gasteiger partial charge in [-0.3, -0.25) is 38.4 Å². The molecule has 4 aromatic rings. The second-order valence-corrected chi connectivity index (χ2v) is 24.5. The van der Waals surface area contributed by atoms with E-state index in [1.54, 1.807) is 62.4 Å². The van der Waals surface area contributed by atoms with Crippen molar-refractivity contribution in [3.63, 3.8) is 0 Å². The van der Waals surface area contributed by atoms with Crippen molar-refractivity contribution in [3.05, 3.63) is 140 Å². The Morgan fingerprint density at radius 2 is 0.542 bits per heavy atom. The number of carbonyl (C=O) groups is 10. The fraction of sp³-hybridized carbons (Fsp3) is 0.513. The van der Waals surface area contributed by atoms with Crippen LogP contribution in [-0.4, -0.2) is 111 Å². The molecule has 0 aliphatic heterocycles. The van der Waals surface area contributed by atoms with Gasteiger partial charge in [0, 0.05) is 97.6 Å². The van der Waals surface area contributed by atoms with Gasteiger partial charge >= 0.3 is 23.9 Å². The largest absolute Gasteiger partial charge is 0.489 e. The lowest BCUT2D eigenvalue weighted by molar-refractivity contribution is -0.148. The van der Waals surface area contributed by atoms with Gasteiger partial charge in [-0.15, -0.1) is 0 Å². The zero-order valence-corrected chi connectivity index (χ0v) is 58.0. The third kappa shape index (κ3) is 25.2. The third-order valence-electron chi connectivity index (χ3n) is 16.3. The molecule has 0 fully saturated rings. The predicted molar refractivity (Wildman–Crippen MR) is 366 cm³/mol. The highest BCUT2D eigenvalue weighted by atomic mass is 16.6. The fourth-order valence-electron chi connectivity index (χ4n) is 11.1. The summed E-state index contributed by atoms with van der Waals surface area (Å²) in [5.74, 6) is -2.90. The molecule has 520 valence electrons. The number of benzene rings is 4. The van der Waals surface area contributed by atoms with Crippen LogP contribution in [0.15, 0.2) is 72.8 Å². The van der Waals surface area contributed by atoms with Crippen LogP contribution in [0.4, 0.5) is 0 Å². The molecule has 1 aliphatic carbocycles. The van der Waals surface area contributed by atoms with E-state index >= 15 is 0 Å². The number of carbonyl (C=O) groups excluding carboxylic acids is 10. The summed E-state index contributed by atoms with van der Waals surface area (Å²) in [4.78, 5) is 135. The van der Waals surface area contributed by atoms with Crippen LogP contribution in [-0.2, 0) is 73.4 Å². The summed E-state index contributed by atoms with van der Waals surface area (Å²) < 4.78 is 49.6. The van der Waals surface area contributed by atoms with Gasteiger partial charge < -0.3 is 37.9 Å². The van der Waals surface area contributed by atoms with Gasteiger partial charge in [-0.2, -0.15) is 0 Å². The molecular formula is C78H100O18. The lowest BCUT2D eigenvalue weighted by atomic mass is 9.86. The Morgan fingerprint density at radius 1 is 0.323 bits per heavy atom. The van der Waals surface area contributed by atoms with Crippen molar-refractivity contribution >= 4 is 58.6 Å². The van der Waals surface area contributed by atoms with Crippen LogP contribution in [0.2, 0.25) is 0 Å². The van der Waals surface area contributed by atoms with Crippen LogP contribution in [0.25, 0.3) is 0 Å². The van der Waals surface area contributed by atoms with Crippen molar-refractivity contribution in [2.75, 3.05) is 52.9 Å². The van der Waals surface area contributed by atoms with E-state index in [0.29, 0.717) is 92.4 Å². The van der Waals surface area contributed by atoms with Gasteiger partial charge in [0.25, 0.3) is 0 Å². The molecule has 0 unspecified atom stereocenters. The first kappa shape index (κ1) is 78.2. The van der Waals surface area contributed by atoms with Crippen molar-refractivity contribution in [3.8, 4) is 23.0 Å². The molecule has 0 amide bonds. The molecule has 0 aromatic heterocycles. The Bertz CT molecular complexity index is 3100. The molecule has 0 spiro atoms. The molecule has 4 aromatic carbocycles. The summed E-state index contributed by atoms with van der Waals surface area (Å²) in [5.41, 5.74) is 5.34. The highest BCUT2D eigenvalue weighted by Gasteiger charge is 2.28. The van der Waals surface area contributed by atoms with E-state index in [2.05, 4.69) is 13.2 Å². The molecule has 18 nitrogen and oxygen atoms in total. The summed E-state index contributed by atoms with van der Waals surface area (Å²) in [6.07, 6.45) is 8.99. The first-order valence-corrected chi connectivity index (χ1v) is 34.4. The summed E-state index contributed by atoms with van der Waals surface area (Å²) in [6, 6.07) is 14.0. The summed E-state index contributed by atoms with van der Waals surface area (Å²) in [7, 11) is 0. The number of hydrogen-bond acceptors (Lipinski definition) is 18. The molecule has 0 saturated heterocycles. The number of hydrogen-bond donors (Lipinski definition) is 0. The number of fused-ring (bicyclic) bond motifs is 8. The number of rotatable bonds is 44. The highest BCUT2D eigenvalue weighted by molar-refractivity contribution is 6.00. The number of unbranched alkanes of at least 4 members (excludes halogenated alkanes) is 8. The average Bonchev–Trinajstić information content (AvgIpc) is 0.774. The first-order chi connectivity index (χ1) is 46.1. The van der Waals surface area contributed by atoms with Crippen molar-refractivity contribution in [2.45, 2.75) is 209 Å². The van der Waals surface area contributed by atoms with Gasteiger partial charge in [0.15, 0.2) is 23.1 Å². The molecule has 0 radical (unpaired) electrons. The maximum Gasteiger partial charge on any atom is 0.333 e. The molecule has 5 rings (SSSR count). The molecular weight excluding hydrogens is 1220 g/mol. The van der Waals surface area contributed by atoms with Gasteiger partial charge in [-0.05, 0) is 133 Å². The Balaban J connectivity index is 2.02. The zero-order chi connectivity index (χ0) is 70.1. The number of ether oxygens (including phenoxy) is 8. The SMILES string of the molecule is C=C(C)C(=O)OCCOc1c2cc(C(=O)CCCCC)cc1Cc1cc(C(=O)CCCCC)cc(c1OCCOC(=O)CC(=O)CC)Cc1cc(C(=O)CCCCC)cc(c1OCCOC(=O)C(=C)C)Cc1cc(C(=O)CCCCC)cc(c1OCCOC(=O)CC(=O)CC)C2. The van der Waals surface area contributed by atoms with E-state index in [-0.39, 0.29) is 186 Å². The Labute approximate surface area is 566 Å². The smallest absolute Gasteiger partial charge is 0.333 e. The monoisotopic (exact) mass is 1320 g/mol. The molecule has 0 N–H and O–H groups in total. The summed E-state index contributed by atoms with van der Waals surface area (Å²) in [6.45, 7) is 20.2. The quantitative estimate of drug-likeness (QED) is 0.00878. The lowest BCUT2D eigenvalue weighted by Crippen LogP contribution is -2.18. The number of ketones is 6. The minimum atomic E-state index is -0.734. The van der Waals surface area contributed by atoms with Crippen LogP contribution < -0.4 is 18.9 Å². The first-order valence-electron chi connectivity index (χ1n) is 34.4. The van der Waals surface area contributed by atoms with Gasteiger partial charge in [0.05, 0.1) is 0 Å². The fourth-order valence-corrected chi connectivity index (χ4v) is 11.1. The zero-order valence-electron chi connectivity index (χ0n) is 58.0. The normalized spacial score (nSPS) is 11.6. The molecule has 18 heteroatoms. The third-order valence-corrected chi connectivity index (χ3v) is 16.3. The Morgan fingerprint density at radius 3 is 0.740 bits per heavy atom. The van der Waals surface area contributed by atoms with Crippen molar-refractivity contribution in [2.24, 2.45) is 0 Å². The van der Waals surface area contributed by atoms with E-state index in [1.807, 2.05) is 27.7 Å². The second-order valence-electron chi connectivity index (χ2n) is 24.5. The lowest BCUT2D eigenvalue weighted by Gasteiger charge is -2.25. The van der Waals surface area contributed by atoms with Crippen molar-refractivity contribution in [1.82, 2.24) is 0 Å². The van der Waals surface area contributed by atoms with Crippen LogP contribution in [0.1, 0.15) is 270 Å². The van der Waals surface area contributed by atoms with Crippen molar-refractivity contribution < 1.29 is 85.8 Å². The number of Topliss-reactive ketones (excluding diaryl/α,β-unsaturated/α-hetero) is 6. The minimum absolute atomic E-state index is 0.0672. The topological polar surface area (TPSA) is 245 Å². The molecule has 96 heavy (non-hydrogen) atoms.